The molecule has 0 bridgehead atoms. The molecular formula is C14H13FN4O. The first-order chi connectivity index (χ1) is 9.67. The minimum Gasteiger partial charge on any atom is -0.481 e. The minimum atomic E-state index is -0.281. The molecule has 6 heteroatoms. The predicted molar refractivity (Wildman–Crippen MR) is 74.0 cm³/mol. The Labute approximate surface area is 114 Å². The number of benzene rings is 1. The van der Waals surface area contributed by atoms with Crippen molar-refractivity contribution in [2.24, 2.45) is 0 Å². The number of methoxy groups -OCH3 is 1. The number of halogens is 1. The number of pyridine rings is 1. The summed E-state index contributed by atoms with van der Waals surface area (Å²) in [4.78, 5) is 8.57. The van der Waals surface area contributed by atoms with E-state index in [0.29, 0.717) is 29.5 Å². The number of nitrogens with two attached hydrogens (primary N) is 1. The van der Waals surface area contributed by atoms with Crippen LogP contribution in [0.2, 0.25) is 0 Å². The van der Waals surface area contributed by atoms with Crippen molar-refractivity contribution in [2.75, 3.05) is 12.8 Å². The molecule has 3 aromatic rings. The third-order valence-corrected chi connectivity index (χ3v) is 3.04. The van der Waals surface area contributed by atoms with Crippen LogP contribution in [-0.2, 0) is 6.54 Å². The van der Waals surface area contributed by atoms with Gasteiger partial charge >= 0.3 is 0 Å². The molecule has 0 fully saturated rings. The molecule has 5 nitrogen and oxygen atoms in total. The standard InChI is InChI=1S/C14H13FN4O/c1-20-12-6-5-11-13(18-12)19(14(16)17-11)8-9-3-2-4-10(15)7-9/h2-7H,8H2,1H3,(H2,16,17). The molecule has 2 N–H and O–H groups in total. The van der Waals surface area contributed by atoms with Gasteiger partial charge in [-0.15, -0.1) is 0 Å². The maximum atomic E-state index is 13.2. The SMILES string of the molecule is COc1ccc2nc(N)n(Cc3cccc(F)c3)c2n1. The van der Waals surface area contributed by atoms with Crippen LogP contribution in [0.3, 0.4) is 0 Å². The lowest BCUT2D eigenvalue weighted by Gasteiger charge is -2.06. The number of rotatable bonds is 3. The first-order valence-corrected chi connectivity index (χ1v) is 6.08. The molecule has 0 aliphatic heterocycles. The lowest BCUT2D eigenvalue weighted by molar-refractivity contribution is 0.399. The normalized spacial score (nSPS) is 10.9. The van der Waals surface area contributed by atoms with Crippen LogP contribution in [0, 0.1) is 5.82 Å². The number of nitrogens with zero attached hydrogens (tertiary/aromatic N) is 3. The molecular weight excluding hydrogens is 259 g/mol. The summed E-state index contributed by atoms with van der Waals surface area (Å²) in [6.45, 7) is 0.403. The van der Waals surface area contributed by atoms with E-state index in [-0.39, 0.29) is 5.82 Å². The Balaban J connectivity index is 2.08. The molecule has 0 saturated carbocycles. The van der Waals surface area contributed by atoms with Crippen LogP contribution < -0.4 is 10.5 Å². The average Bonchev–Trinajstić information content (AvgIpc) is 2.74. The number of hydrogen-bond acceptors (Lipinski definition) is 4. The fourth-order valence-electron chi connectivity index (χ4n) is 2.09. The number of nitrogen functional groups attached to an aromatic ring is 1. The van der Waals surface area contributed by atoms with Crippen molar-refractivity contribution < 1.29 is 9.13 Å². The Bertz CT molecular complexity index is 769. The van der Waals surface area contributed by atoms with Gasteiger partial charge in [-0.3, -0.25) is 4.57 Å². The summed E-state index contributed by atoms with van der Waals surface area (Å²) in [7, 11) is 1.55. The largest absolute Gasteiger partial charge is 0.481 e. The zero-order valence-corrected chi connectivity index (χ0v) is 10.9. The smallest absolute Gasteiger partial charge is 0.215 e. The third kappa shape index (κ3) is 2.16. The maximum Gasteiger partial charge on any atom is 0.215 e. The zero-order valence-electron chi connectivity index (χ0n) is 10.9. The van der Waals surface area contributed by atoms with Crippen LogP contribution in [0.5, 0.6) is 5.88 Å². The second-order valence-corrected chi connectivity index (χ2v) is 4.38. The number of anilines is 1. The van der Waals surface area contributed by atoms with E-state index in [1.807, 2.05) is 6.07 Å². The third-order valence-electron chi connectivity index (χ3n) is 3.04. The van der Waals surface area contributed by atoms with Crippen LogP contribution in [0.25, 0.3) is 11.2 Å². The van der Waals surface area contributed by atoms with Gasteiger partial charge in [0, 0.05) is 6.07 Å². The van der Waals surface area contributed by atoms with Gasteiger partial charge in [0.2, 0.25) is 11.8 Å². The summed E-state index contributed by atoms with van der Waals surface area (Å²) in [5, 5.41) is 0. The van der Waals surface area contributed by atoms with E-state index < -0.39 is 0 Å². The van der Waals surface area contributed by atoms with Gasteiger partial charge in [-0.05, 0) is 23.8 Å². The number of hydrogen-bond donors (Lipinski definition) is 1. The van der Waals surface area contributed by atoms with Crippen molar-refractivity contribution in [1.29, 1.82) is 0 Å². The minimum absolute atomic E-state index is 0.281. The molecule has 2 heterocycles. The number of ether oxygens (including phenoxy) is 1. The summed E-state index contributed by atoms with van der Waals surface area (Å²) in [5.41, 5.74) is 8.00. The Morgan fingerprint density at radius 1 is 1.25 bits per heavy atom. The molecule has 1 aromatic carbocycles. The fraction of sp³-hybridized carbons (Fsp3) is 0.143. The van der Waals surface area contributed by atoms with Gasteiger partial charge in [0.25, 0.3) is 0 Å². The van der Waals surface area contributed by atoms with Crippen molar-refractivity contribution >= 4 is 17.1 Å². The first-order valence-electron chi connectivity index (χ1n) is 6.08. The molecule has 0 atom stereocenters. The average molecular weight is 272 g/mol. The highest BCUT2D eigenvalue weighted by molar-refractivity contribution is 5.74. The molecule has 0 saturated heterocycles. The molecule has 2 aromatic heterocycles. The van der Waals surface area contributed by atoms with Gasteiger partial charge in [0.15, 0.2) is 5.65 Å². The van der Waals surface area contributed by atoms with Crippen molar-refractivity contribution in [2.45, 2.75) is 6.54 Å². The van der Waals surface area contributed by atoms with Crippen LogP contribution in [0.4, 0.5) is 10.3 Å². The second kappa shape index (κ2) is 4.80. The van der Waals surface area contributed by atoms with Gasteiger partial charge in [-0.1, -0.05) is 12.1 Å². The highest BCUT2D eigenvalue weighted by Crippen LogP contribution is 2.20. The van der Waals surface area contributed by atoms with E-state index >= 15 is 0 Å². The molecule has 0 amide bonds. The van der Waals surface area contributed by atoms with Gasteiger partial charge in [-0.25, -0.2) is 9.37 Å². The Morgan fingerprint density at radius 2 is 2.10 bits per heavy atom. The molecule has 0 spiro atoms. The highest BCUT2D eigenvalue weighted by Gasteiger charge is 2.11. The van der Waals surface area contributed by atoms with E-state index in [1.54, 1.807) is 29.9 Å². The predicted octanol–water partition coefficient (Wildman–Crippen LogP) is 2.21. The molecule has 0 radical (unpaired) electrons. The van der Waals surface area contributed by atoms with E-state index in [0.717, 1.165) is 5.56 Å². The highest BCUT2D eigenvalue weighted by atomic mass is 19.1. The molecule has 0 unspecified atom stereocenters. The lowest BCUT2D eigenvalue weighted by Crippen LogP contribution is -2.05. The summed E-state index contributed by atoms with van der Waals surface area (Å²) in [5.74, 6) is 0.541. The Morgan fingerprint density at radius 3 is 2.85 bits per heavy atom. The zero-order chi connectivity index (χ0) is 14.1. The van der Waals surface area contributed by atoms with Crippen molar-refractivity contribution in [3.63, 3.8) is 0 Å². The summed E-state index contributed by atoms with van der Waals surface area (Å²) in [6, 6.07) is 9.87. The summed E-state index contributed by atoms with van der Waals surface area (Å²) >= 11 is 0. The first kappa shape index (κ1) is 12.4. The molecule has 0 aliphatic carbocycles. The molecule has 0 aliphatic rings. The maximum absolute atomic E-state index is 13.2. The van der Waals surface area contributed by atoms with Crippen LogP contribution >= 0.6 is 0 Å². The van der Waals surface area contributed by atoms with E-state index in [4.69, 9.17) is 10.5 Å². The quantitative estimate of drug-likeness (QED) is 0.794. The van der Waals surface area contributed by atoms with E-state index in [1.165, 1.54) is 12.1 Å². The summed E-state index contributed by atoms with van der Waals surface area (Å²) in [6.07, 6.45) is 0. The topological polar surface area (TPSA) is 66.0 Å². The van der Waals surface area contributed by atoms with Crippen molar-refractivity contribution in [3.8, 4) is 5.88 Å². The van der Waals surface area contributed by atoms with Crippen molar-refractivity contribution in [1.82, 2.24) is 14.5 Å². The Kier molecular flexibility index (Phi) is 2.98. The van der Waals surface area contributed by atoms with Gasteiger partial charge in [0.1, 0.15) is 11.3 Å². The number of aromatic nitrogens is 3. The van der Waals surface area contributed by atoms with E-state index in [9.17, 15) is 4.39 Å². The van der Waals surface area contributed by atoms with Crippen LogP contribution in [0.15, 0.2) is 36.4 Å². The van der Waals surface area contributed by atoms with Crippen molar-refractivity contribution in [3.05, 3.63) is 47.8 Å². The van der Waals surface area contributed by atoms with Crippen LogP contribution in [-0.4, -0.2) is 21.6 Å². The fourth-order valence-corrected chi connectivity index (χ4v) is 2.09. The molecule has 20 heavy (non-hydrogen) atoms. The molecule has 102 valence electrons. The van der Waals surface area contributed by atoms with Crippen LogP contribution in [0.1, 0.15) is 5.56 Å². The lowest BCUT2D eigenvalue weighted by atomic mass is 10.2. The molecule has 3 rings (SSSR count). The van der Waals surface area contributed by atoms with E-state index in [2.05, 4.69) is 9.97 Å². The monoisotopic (exact) mass is 272 g/mol. The van der Waals surface area contributed by atoms with Gasteiger partial charge in [0.05, 0.1) is 13.7 Å². The number of fused-ring (bicyclic) bond motifs is 1. The summed E-state index contributed by atoms with van der Waals surface area (Å²) < 4.78 is 20.1. The van der Waals surface area contributed by atoms with Gasteiger partial charge < -0.3 is 10.5 Å². The van der Waals surface area contributed by atoms with Gasteiger partial charge in [-0.2, -0.15) is 4.98 Å². The number of imidazole rings is 1. The second-order valence-electron chi connectivity index (χ2n) is 4.38. The Hall–Kier alpha value is -2.63.